The van der Waals surface area contributed by atoms with Gasteiger partial charge in [-0.3, -0.25) is 4.79 Å². The van der Waals surface area contributed by atoms with E-state index in [-0.39, 0.29) is 74.9 Å². The van der Waals surface area contributed by atoms with Gasteiger partial charge in [-0.2, -0.15) is 0 Å². The monoisotopic (exact) mass is 413 g/mol. The first-order valence-electron chi connectivity index (χ1n) is 9.65. The fourth-order valence-electron chi connectivity index (χ4n) is 5.34. The van der Waals surface area contributed by atoms with E-state index >= 15 is 0 Å². The van der Waals surface area contributed by atoms with Crippen molar-refractivity contribution in [3.8, 4) is 11.1 Å². The fourth-order valence-corrected chi connectivity index (χ4v) is 5.34. The van der Waals surface area contributed by atoms with E-state index in [2.05, 4.69) is 6.07 Å². The SMILES string of the molecule is C[C@@H](O)[C@H]1C(=O)N2C(C(=O)[O-])=C3c4cccc(-c5ccccc5)c4CC[C@@H]3C12.[K+]. The first-order chi connectivity index (χ1) is 13.5. The van der Waals surface area contributed by atoms with E-state index in [1.165, 1.54) is 4.90 Å². The molecule has 1 aliphatic carbocycles. The number of carboxylic acid groups (broad SMARTS) is 1. The van der Waals surface area contributed by atoms with Crippen LogP contribution in [0, 0.1) is 11.8 Å². The Bertz CT molecular complexity index is 1030. The Kier molecular flexibility index (Phi) is 5.61. The molecule has 1 unspecified atom stereocenters. The summed E-state index contributed by atoms with van der Waals surface area (Å²) < 4.78 is 0. The number of carboxylic acids is 1. The second kappa shape index (κ2) is 7.76. The van der Waals surface area contributed by atoms with Crippen LogP contribution in [0.2, 0.25) is 0 Å². The van der Waals surface area contributed by atoms with E-state index in [1.54, 1.807) is 6.92 Å². The summed E-state index contributed by atoms with van der Waals surface area (Å²) in [5.74, 6) is -2.26. The number of benzene rings is 2. The molecule has 3 aliphatic rings. The maximum absolute atomic E-state index is 12.6. The average molecular weight is 414 g/mol. The summed E-state index contributed by atoms with van der Waals surface area (Å²) in [6, 6.07) is 15.7. The van der Waals surface area contributed by atoms with Gasteiger partial charge in [-0.25, -0.2) is 0 Å². The summed E-state index contributed by atoms with van der Waals surface area (Å²) >= 11 is 0. The Hall–Kier alpha value is -1.28. The number of carbonyl (C=O) groups is 2. The second-order valence-corrected chi connectivity index (χ2v) is 7.86. The van der Waals surface area contributed by atoms with Gasteiger partial charge in [-0.1, -0.05) is 48.5 Å². The maximum Gasteiger partial charge on any atom is 1.00 e. The average Bonchev–Trinajstić information content (AvgIpc) is 2.99. The normalized spacial score (nSPS) is 25.4. The van der Waals surface area contributed by atoms with Gasteiger partial charge in [0.1, 0.15) is 0 Å². The van der Waals surface area contributed by atoms with Gasteiger partial charge < -0.3 is 19.9 Å². The fraction of sp³-hybridized carbons (Fsp3) is 0.304. The number of rotatable bonds is 3. The predicted molar refractivity (Wildman–Crippen MR) is 101 cm³/mol. The van der Waals surface area contributed by atoms with Crippen LogP contribution in [0.1, 0.15) is 24.5 Å². The number of nitrogens with zero attached hydrogens (tertiary/aromatic N) is 1. The minimum Gasteiger partial charge on any atom is -0.543 e. The van der Waals surface area contributed by atoms with Crippen LogP contribution in [0.3, 0.4) is 0 Å². The minimum atomic E-state index is -1.32. The molecule has 2 aliphatic heterocycles. The number of fused-ring (bicyclic) bond motifs is 5. The third kappa shape index (κ3) is 3.00. The molecule has 1 saturated heterocycles. The summed E-state index contributed by atoms with van der Waals surface area (Å²) in [6.45, 7) is 1.60. The van der Waals surface area contributed by atoms with Gasteiger partial charge in [0, 0.05) is 5.92 Å². The van der Waals surface area contributed by atoms with Crippen LogP contribution in [-0.4, -0.2) is 34.0 Å². The van der Waals surface area contributed by atoms with Crippen LogP contribution in [0.4, 0.5) is 0 Å². The van der Waals surface area contributed by atoms with Gasteiger partial charge in [0.05, 0.1) is 29.7 Å². The van der Waals surface area contributed by atoms with Gasteiger partial charge in [0.2, 0.25) is 5.91 Å². The zero-order valence-corrected chi connectivity index (χ0v) is 19.6. The van der Waals surface area contributed by atoms with Crippen LogP contribution in [0.5, 0.6) is 0 Å². The van der Waals surface area contributed by atoms with Crippen molar-refractivity contribution >= 4 is 17.4 Å². The molecule has 0 saturated carbocycles. The molecule has 5 rings (SSSR count). The molecule has 4 atom stereocenters. The molecule has 0 radical (unpaired) electrons. The van der Waals surface area contributed by atoms with Crippen molar-refractivity contribution in [3.63, 3.8) is 0 Å². The molecule has 142 valence electrons. The van der Waals surface area contributed by atoms with Gasteiger partial charge in [-0.15, -0.1) is 0 Å². The van der Waals surface area contributed by atoms with E-state index < -0.39 is 18.0 Å². The molecule has 1 fully saturated rings. The topological polar surface area (TPSA) is 80.7 Å². The Morgan fingerprint density at radius 2 is 1.83 bits per heavy atom. The Morgan fingerprint density at radius 3 is 2.48 bits per heavy atom. The summed E-state index contributed by atoms with van der Waals surface area (Å²) in [7, 11) is 0. The molecular formula is C23H20KNO4. The molecule has 2 heterocycles. The standard InChI is InChI=1S/C23H21NO4.K/c1-12(25)18-20-17-11-10-15-14(13-6-3-2-4-7-13)8-5-9-16(15)19(17)21(23(27)28)24(20)22(18)26;/h2-9,12,17-18,20,25H,10-11H2,1H3,(H,27,28);/q;+1/p-1/t12-,17+,18-,20?;/m1./s1. The number of hydrogen-bond acceptors (Lipinski definition) is 4. The molecule has 1 amide bonds. The molecule has 0 aromatic heterocycles. The maximum atomic E-state index is 12.6. The van der Waals surface area contributed by atoms with E-state index in [0.29, 0.717) is 5.57 Å². The quantitative estimate of drug-likeness (QED) is 0.496. The van der Waals surface area contributed by atoms with Crippen molar-refractivity contribution < 1.29 is 71.2 Å². The van der Waals surface area contributed by atoms with Crippen molar-refractivity contribution in [3.05, 3.63) is 65.4 Å². The van der Waals surface area contributed by atoms with Crippen molar-refractivity contribution in [2.75, 3.05) is 0 Å². The van der Waals surface area contributed by atoms with Crippen molar-refractivity contribution in [2.45, 2.75) is 31.9 Å². The van der Waals surface area contributed by atoms with E-state index in [9.17, 15) is 19.8 Å². The molecule has 0 bridgehead atoms. The van der Waals surface area contributed by atoms with E-state index in [0.717, 1.165) is 35.1 Å². The largest absolute Gasteiger partial charge is 1.00 e. The second-order valence-electron chi connectivity index (χ2n) is 7.86. The third-order valence-electron chi connectivity index (χ3n) is 6.44. The van der Waals surface area contributed by atoms with Gasteiger partial charge in [0.25, 0.3) is 0 Å². The van der Waals surface area contributed by atoms with Crippen LogP contribution < -0.4 is 56.5 Å². The van der Waals surface area contributed by atoms with Crippen molar-refractivity contribution in [1.82, 2.24) is 4.90 Å². The predicted octanol–water partition coefficient (Wildman–Crippen LogP) is -1.40. The van der Waals surface area contributed by atoms with Crippen LogP contribution in [-0.2, 0) is 16.0 Å². The smallest absolute Gasteiger partial charge is 0.543 e. The number of β-lactam (4-membered cyclic amide) rings is 1. The van der Waals surface area contributed by atoms with Crippen LogP contribution in [0.15, 0.2) is 54.2 Å². The zero-order valence-electron chi connectivity index (χ0n) is 16.5. The van der Waals surface area contributed by atoms with Gasteiger partial charge in [-0.05, 0) is 47.6 Å². The zero-order chi connectivity index (χ0) is 19.6. The Balaban J connectivity index is 0.00000205. The summed E-state index contributed by atoms with van der Waals surface area (Å²) in [4.78, 5) is 25.9. The molecule has 1 N–H and O–H groups in total. The number of amides is 1. The summed E-state index contributed by atoms with van der Waals surface area (Å²) in [6.07, 6.45) is 0.758. The third-order valence-corrected chi connectivity index (χ3v) is 6.44. The molecule has 2 aromatic carbocycles. The number of aliphatic carboxylic acids is 1. The van der Waals surface area contributed by atoms with Crippen molar-refractivity contribution in [2.24, 2.45) is 11.8 Å². The van der Waals surface area contributed by atoms with Gasteiger partial charge >= 0.3 is 51.4 Å². The van der Waals surface area contributed by atoms with Crippen molar-refractivity contribution in [1.29, 1.82) is 0 Å². The molecule has 29 heavy (non-hydrogen) atoms. The first kappa shape index (κ1) is 21.0. The van der Waals surface area contributed by atoms with Gasteiger partial charge in [0.15, 0.2) is 0 Å². The van der Waals surface area contributed by atoms with Crippen LogP contribution >= 0.6 is 0 Å². The number of hydrogen-bond donors (Lipinski definition) is 1. The summed E-state index contributed by atoms with van der Waals surface area (Å²) in [5, 5.41) is 22.1. The molecular weight excluding hydrogens is 393 g/mol. The molecule has 2 aromatic rings. The van der Waals surface area contributed by atoms with E-state index in [1.807, 2.05) is 42.5 Å². The minimum absolute atomic E-state index is 0. The van der Waals surface area contributed by atoms with E-state index in [4.69, 9.17) is 0 Å². The Morgan fingerprint density at radius 1 is 1.14 bits per heavy atom. The first-order valence-corrected chi connectivity index (χ1v) is 9.65. The number of carbonyl (C=O) groups excluding carboxylic acids is 2. The summed E-state index contributed by atoms with van der Waals surface area (Å²) in [5.41, 5.74) is 4.87. The molecule has 5 nitrogen and oxygen atoms in total. The van der Waals surface area contributed by atoms with Crippen LogP contribution in [0.25, 0.3) is 16.7 Å². The number of aliphatic hydroxyl groups is 1. The molecule has 0 spiro atoms. The number of aliphatic hydroxyl groups excluding tert-OH is 1. The Labute approximate surface area is 211 Å². The molecule has 6 heteroatoms.